The van der Waals surface area contributed by atoms with E-state index in [1.54, 1.807) is 31.4 Å². The summed E-state index contributed by atoms with van der Waals surface area (Å²) < 4.78 is 6.15. The highest BCUT2D eigenvalue weighted by molar-refractivity contribution is 9.10. The third-order valence-corrected chi connectivity index (χ3v) is 4.95. The summed E-state index contributed by atoms with van der Waals surface area (Å²) in [6.45, 7) is 0. The minimum atomic E-state index is -0.225. The fourth-order valence-electron chi connectivity index (χ4n) is 2.91. The Morgan fingerprint density at radius 3 is 2.45 bits per heavy atom. The maximum atomic E-state index is 12.8. The number of aromatic nitrogens is 2. The molecule has 1 amide bonds. The lowest BCUT2D eigenvalue weighted by Gasteiger charge is -2.09. The maximum Gasteiger partial charge on any atom is 0.255 e. The van der Waals surface area contributed by atoms with Gasteiger partial charge in [-0.1, -0.05) is 40.2 Å². The Bertz CT molecular complexity index is 1150. The number of nitrogens with zero attached hydrogens (tertiary/aromatic N) is 1. The van der Waals surface area contributed by atoms with Crippen LogP contribution < -0.4 is 10.1 Å². The predicted octanol–water partition coefficient (Wildman–Crippen LogP) is 5.26. The number of hydrogen-bond acceptors (Lipinski definition) is 3. The van der Waals surface area contributed by atoms with Crippen molar-refractivity contribution < 1.29 is 9.53 Å². The summed E-state index contributed by atoms with van der Waals surface area (Å²) in [6.07, 6.45) is 1.89. The van der Waals surface area contributed by atoms with Gasteiger partial charge in [0.25, 0.3) is 5.91 Å². The zero-order valence-corrected chi connectivity index (χ0v) is 17.2. The number of carbonyl (C=O) groups excluding carboxylic acids is 1. The molecule has 5 nitrogen and oxygen atoms in total. The van der Waals surface area contributed by atoms with Gasteiger partial charge in [0.15, 0.2) is 5.82 Å². The smallest absolute Gasteiger partial charge is 0.255 e. The van der Waals surface area contributed by atoms with Crippen molar-refractivity contribution in [3.8, 4) is 5.75 Å². The lowest BCUT2D eigenvalue weighted by molar-refractivity contribution is 0.0973. The van der Waals surface area contributed by atoms with Crippen LogP contribution in [0.5, 0.6) is 5.75 Å². The van der Waals surface area contributed by atoms with Crippen molar-refractivity contribution in [1.82, 2.24) is 15.3 Å². The van der Waals surface area contributed by atoms with Crippen LogP contribution in [0.25, 0.3) is 22.8 Å². The average molecular weight is 448 g/mol. The first kappa shape index (κ1) is 19.0. The second kappa shape index (κ2) is 8.32. The molecule has 0 saturated carbocycles. The Hall–Kier alpha value is -3.38. The molecule has 0 bridgehead atoms. The van der Waals surface area contributed by atoms with E-state index in [9.17, 15) is 4.79 Å². The maximum absolute atomic E-state index is 12.8. The molecule has 0 unspecified atom stereocenters. The van der Waals surface area contributed by atoms with Crippen LogP contribution in [-0.4, -0.2) is 23.0 Å². The van der Waals surface area contributed by atoms with E-state index < -0.39 is 0 Å². The molecule has 0 spiro atoms. The summed E-state index contributed by atoms with van der Waals surface area (Å²) in [5, 5.41) is 2.99. The first-order valence-corrected chi connectivity index (χ1v) is 9.79. The minimum Gasteiger partial charge on any atom is -0.497 e. The van der Waals surface area contributed by atoms with Crippen molar-refractivity contribution in [1.29, 1.82) is 0 Å². The van der Waals surface area contributed by atoms with E-state index in [1.807, 2.05) is 54.6 Å². The van der Waals surface area contributed by atoms with Crippen LogP contribution in [0.3, 0.4) is 0 Å². The number of imidazole rings is 1. The SMILES string of the molecule is COc1ccc(C(=O)N/C(=C/c2ccc(Br)cc2)c2nc3ccccc3[nH]2)cc1. The van der Waals surface area contributed by atoms with Crippen LogP contribution >= 0.6 is 15.9 Å². The Morgan fingerprint density at radius 2 is 1.76 bits per heavy atom. The lowest BCUT2D eigenvalue weighted by Crippen LogP contribution is -2.22. The number of nitrogens with one attached hydrogen (secondary N) is 2. The van der Waals surface area contributed by atoms with Crippen molar-refractivity contribution in [2.24, 2.45) is 0 Å². The summed E-state index contributed by atoms with van der Waals surface area (Å²) in [5.74, 6) is 1.07. The lowest BCUT2D eigenvalue weighted by atomic mass is 10.1. The minimum absolute atomic E-state index is 0.225. The van der Waals surface area contributed by atoms with Crippen molar-refractivity contribution in [2.45, 2.75) is 0 Å². The molecule has 4 aromatic rings. The number of amides is 1. The number of ether oxygens (including phenoxy) is 1. The second-order valence-electron chi connectivity index (χ2n) is 6.39. The van der Waals surface area contributed by atoms with Crippen molar-refractivity contribution >= 4 is 44.6 Å². The van der Waals surface area contributed by atoms with Gasteiger partial charge in [0.05, 0.1) is 23.8 Å². The van der Waals surface area contributed by atoms with Crippen molar-refractivity contribution in [3.05, 3.63) is 94.2 Å². The third-order valence-electron chi connectivity index (χ3n) is 4.43. The van der Waals surface area contributed by atoms with Gasteiger partial charge in [0.1, 0.15) is 5.75 Å². The number of rotatable bonds is 5. The normalized spacial score (nSPS) is 11.4. The van der Waals surface area contributed by atoms with Gasteiger partial charge in [-0.3, -0.25) is 4.79 Å². The Balaban J connectivity index is 1.70. The number of para-hydroxylation sites is 2. The van der Waals surface area contributed by atoms with E-state index in [2.05, 4.69) is 31.2 Å². The van der Waals surface area contributed by atoms with Gasteiger partial charge in [-0.05, 0) is 60.2 Å². The molecule has 4 rings (SSSR count). The van der Waals surface area contributed by atoms with Crippen LogP contribution in [0.4, 0.5) is 0 Å². The highest BCUT2D eigenvalue weighted by Crippen LogP contribution is 2.20. The molecule has 0 fully saturated rings. The molecule has 0 atom stereocenters. The van der Waals surface area contributed by atoms with Crippen LogP contribution in [0, 0.1) is 0 Å². The standard InChI is InChI=1S/C23H18BrN3O2/c1-29-18-12-8-16(9-13-18)23(28)27-21(14-15-6-10-17(24)11-7-15)22-25-19-4-2-3-5-20(19)26-22/h2-14H,1H3,(H,25,26)(H,27,28)/b21-14+. The molecule has 0 aliphatic carbocycles. The number of hydrogen-bond donors (Lipinski definition) is 2. The molecule has 0 aliphatic rings. The highest BCUT2D eigenvalue weighted by Gasteiger charge is 2.13. The van der Waals surface area contributed by atoms with Crippen LogP contribution in [0.15, 0.2) is 77.3 Å². The zero-order chi connectivity index (χ0) is 20.2. The monoisotopic (exact) mass is 447 g/mol. The fraction of sp³-hybridized carbons (Fsp3) is 0.0435. The number of benzene rings is 3. The van der Waals surface area contributed by atoms with Gasteiger partial charge < -0.3 is 15.0 Å². The molecule has 6 heteroatoms. The van der Waals surface area contributed by atoms with E-state index in [-0.39, 0.29) is 5.91 Å². The summed E-state index contributed by atoms with van der Waals surface area (Å²) in [6, 6.07) is 22.6. The Labute approximate surface area is 176 Å². The first-order chi connectivity index (χ1) is 14.1. The molecule has 0 saturated heterocycles. The van der Waals surface area contributed by atoms with Crippen molar-refractivity contribution in [3.63, 3.8) is 0 Å². The quantitative estimate of drug-likeness (QED) is 0.438. The predicted molar refractivity (Wildman–Crippen MR) is 119 cm³/mol. The molecule has 3 aromatic carbocycles. The molecule has 0 radical (unpaired) electrons. The number of aromatic amines is 1. The van der Waals surface area contributed by atoms with Crippen LogP contribution in [0.2, 0.25) is 0 Å². The van der Waals surface area contributed by atoms with Gasteiger partial charge in [0.2, 0.25) is 0 Å². The van der Waals surface area contributed by atoms with Gasteiger partial charge in [-0.15, -0.1) is 0 Å². The van der Waals surface area contributed by atoms with E-state index in [1.165, 1.54) is 0 Å². The molecular weight excluding hydrogens is 430 g/mol. The third kappa shape index (κ3) is 4.38. The molecule has 1 heterocycles. The highest BCUT2D eigenvalue weighted by atomic mass is 79.9. The topological polar surface area (TPSA) is 67.0 Å². The van der Waals surface area contributed by atoms with Gasteiger partial charge in [-0.2, -0.15) is 0 Å². The number of H-pyrrole nitrogens is 1. The summed E-state index contributed by atoms with van der Waals surface area (Å²) >= 11 is 3.44. The average Bonchev–Trinajstić information content (AvgIpc) is 3.19. The van der Waals surface area contributed by atoms with E-state index in [0.717, 1.165) is 21.1 Å². The van der Waals surface area contributed by atoms with Crippen LogP contribution in [-0.2, 0) is 0 Å². The molecule has 29 heavy (non-hydrogen) atoms. The van der Waals surface area contributed by atoms with Gasteiger partial charge in [-0.25, -0.2) is 4.98 Å². The summed E-state index contributed by atoms with van der Waals surface area (Å²) in [4.78, 5) is 20.8. The van der Waals surface area contributed by atoms with E-state index in [0.29, 0.717) is 22.8 Å². The second-order valence-corrected chi connectivity index (χ2v) is 7.31. The zero-order valence-electron chi connectivity index (χ0n) is 15.6. The van der Waals surface area contributed by atoms with Crippen LogP contribution in [0.1, 0.15) is 21.7 Å². The molecule has 0 aliphatic heterocycles. The van der Waals surface area contributed by atoms with E-state index >= 15 is 0 Å². The number of carbonyl (C=O) groups is 1. The first-order valence-electron chi connectivity index (χ1n) is 9.00. The Kier molecular flexibility index (Phi) is 5.44. The van der Waals surface area contributed by atoms with Gasteiger partial charge >= 0.3 is 0 Å². The number of methoxy groups -OCH3 is 1. The van der Waals surface area contributed by atoms with E-state index in [4.69, 9.17) is 4.74 Å². The van der Waals surface area contributed by atoms with Crippen molar-refractivity contribution in [2.75, 3.05) is 7.11 Å². The van der Waals surface area contributed by atoms with Gasteiger partial charge in [0, 0.05) is 10.0 Å². The number of halogens is 1. The summed E-state index contributed by atoms with van der Waals surface area (Å²) in [5.41, 5.74) is 3.80. The molecule has 144 valence electrons. The molecular formula is C23H18BrN3O2. The largest absolute Gasteiger partial charge is 0.497 e. The molecule has 2 N–H and O–H groups in total. The Morgan fingerprint density at radius 1 is 1.03 bits per heavy atom. The number of fused-ring (bicyclic) bond motifs is 1. The fourth-order valence-corrected chi connectivity index (χ4v) is 3.17. The molecule has 1 aromatic heterocycles. The summed E-state index contributed by atoms with van der Waals surface area (Å²) in [7, 11) is 1.59.